The van der Waals surface area contributed by atoms with Crippen LogP contribution in [0.5, 0.6) is 0 Å². The number of aromatic nitrogens is 2. The summed E-state index contributed by atoms with van der Waals surface area (Å²) >= 11 is 0. The second kappa shape index (κ2) is 13.3. The molecule has 3 amide bonds. The smallest absolute Gasteiger partial charge is 0.411 e. The zero-order valence-electron chi connectivity index (χ0n) is 25.3. The molecular formula is C29H43N5O6Si. The lowest BCUT2D eigenvalue weighted by molar-refractivity contribution is -0.118. The number of amides is 3. The van der Waals surface area contributed by atoms with Crippen LogP contribution in [0.2, 0.25) is 25.7 Å². The maximum atomic E-state index is 13.1. The van der Waals surface area contributed by atoms with E-state index in [1.165, 1.54) is 7.11 Å². The first-order chi connectivity index (χ1) is 19.1. The van der Waals surface area contributed by atoms with Crippen molar-refractivity contribution < 1.29 is 28.6 Å². The minimum absolute atomic E-state index is 0.232. The number of hydrogen-bond acceptors (Lipinski definition) is 7. The van der Waals surface area contributed by atoms with Gasteiger partial charge in [0.05, 0.1) is 30.5 Å². The Bertz CT molecular complexity index is 1280. The van der Waals surface area contributed by atoms with Gasteiger partial charge in [0.1, 0.15) is 18.2 Å². The summed E-state index contributed by atoms with van der Waals surface area (Å²) in [5.74, 6) is -0.105. The van der Waals surface area contributed by atoms with Crippen LogP contribution in [0, 0.1) is 5.92 Å². The molecule has 3 rings (SSSR count). The monoisotopic (exact) mass is 585 g/mol. The van der Waals surface area contributed by atoms with Crippen LogP contribution in [0.4, 0.5) is 21.0 Å². The molecule has 0 fully saturated rings. The zero-order valence-corrected chi connectivity index (χ0v) is 26.3. The van der Waals surface area contributed by atoms with Gasteiger partial charge in [0, 0.05) is 32.1 Å². The van der Waals surface area contributed by atoms with Crippen molar-refractivity contribution >= 4 is 37.5 Å². The summed E-state index contributed by atoms with van der Waals surface area (Å²) in [5, 5.41) is 8.56. The van der Waals surface area contributed by atoms with Crippen LogP contribution in [0.3, 0.4) is 0 Å². The third-order valence-electron chi connectivity index (χ3n) is 6.23. The fraction of sp³-hybridized carbons (Fsp3) is 0.517. The van der Waals surface area contributed by atoms with Crippen LogP contribution in [0.25, 0.3) is 11.3 Å². The number of alkyl carbamates (subject to hydrolysis) is 1. The number of nitrogens with one attached hydrogen (secondary N) is 3. The van der Waals surface area contributed by atoms with Crippen molar-refractivity contribution in [2.24, 2.45) is 5.92 Å². The van der Waals surface area contributed by atoms with Gasteiger partial charge in [-0.15, -0.1) is 0 Å². The van der Waals surface area contributed by atoms with Crippen LogP contribution in [-0.4, -0.2) is 55.0 Å². The summed E-state index contributed by atoms with van der Waals surface area (Å²) in [5.41, 5.74) is 1.46. The highest BCUT2D eigenvalue weighted by molar-refractivity contribution is 6.76. The standard InChI is InChI=1S/C29H43N5O6Si/c1-19-10-9-11-22(33-28(37)40-29(2,3)4)25-31-24(17-34(25)18-39-14-15-41(6,7)8)21-13-12-20(30-27(36)38-5)16-23(21)32-26(19)35/h9-10,12-13,16-17,19,22H,11,14-15,18H2,1-8H3,(H,30,36)(H,32,35)(H,33,37)/b10-9-/t19-,22-/m0/s1. The summed E-state index contributed by atoms with van der Waals surface area (Å²) in [7, 11) is -0.0125. The molecule has 0 aliphatic carbocycles. The number of hydrogen-bond donors (Lipinski definition) is 3. The highest BCUT2D eigenvalue weighted by atomic mass is 28.3. The topological polar surface area (TPSA) is 133 Å². The molecule has 224 valence electrons. The second-order valence-corrected chi connectivity index (χ2v) is 17.9. The first-order valence-electron chi connectivity index (χ1n) is 13.8. The number of benzene rings is 1. The number of nitrogens with zero attached hydrogens (tertiary/aromatic N) is 2. The summed E-state index contributed by atoms with van der Waals surface area (Å²) < 4.78 is 18.2. The Labute approximate surface area is 243 Å². The Hall–Kier alpha value is -3.64. The summed E-state index contributed by atoms with van der Waals surface area (Å²) in [6.45, 7) is 14.9. The molecule has 0 saturated carbocycles. The number of methoxy groups -OCH3 is 1. The number of ether oxygens (including phenoxy) is 3. The molecule has 2 aromatic rings. The molecule has 2 heterocycles. The minimum atomic E-state index is -1.29. The van der Waals surface area contributed by atoms with Gasteiger partial charge in [-0.05, 0) is 51.4 Å². The molecule has 0 radical (unpaired) electrons. The lowest BCUT2D eigenvalue weighted by Gasteiger charge is -2.24. The number of carbonyl (C=O) groups excluding carboxylic acids is 3. The molecule has 41 heavy (non-hydrogen) atoms. The van der Waals surface area contributed by atoms with Crippen LogP contribution < -0.4 is 16.0 Å². The Morgan fingerprint density at radius 3 is 2.59 bits per heavy atom. The van der Waals surface area contributed by atoms with E-state index in [9.17, 15) is 14.4 Å². The molecule has 3 N–H and O–H groups in total. The maximum absolute atomic E-state index is 13.1. The number of imidazole rings is 1. The SMILES string of the molecule is COC(=O)Nc1ccc2c(c1)NC(=O)[C@@H](C)/C=C\C[C@H](NC(=O)OC(C)(C)C)c1nc-2cn1COCC[Si](C)(C)C. The number of rotatable bonds is 7. The molecule has 2 atom stereocenters. The third-order valence-corrected chi connectivity index (χ3v) is 7.94. The van der Waals surface area contributed by atoms with Gasteiger partial charge in [-0.2, -0.15) is 0 Å². The lowest BCUT2D eigenvalue weighted by atomic mass is 10.1. The van der Waals surface area contributed by atoms with E-state index in [1.807, 2.05) is 16.8 Å². The summed E-state index contributed by atoms with van der Waals surface area (Å²) in [4.78, 5) is 42.6. The van der Waals surface area contributed by atoms with Crippen molar-refractivity contribution in [1.82, 2.24) is 14.9 Å². The molecule has 0 unspecified atom stereocenters. The fourth-order valence-corrected chi connectivity index (χ4v) is 4.79. The molecule has 1 aliphatic heterocycles. The molecule has 2 bridgehead atoms. The predicted molar refractivity (Wildman–Crippen MR) is 161 cm³/mol. The van der Waals surface area contributed by atoms with E-state index in [0.717, 1.165) is 6.04 Å². The first-order valence-corrected chi connectivity index (χ1v) is 17.5. The van der Waals surface area contributed by atoms with Crippen molar-refractivity contribution in [3.05, 3.63) is 42.4 Å². The molecule has 1 aliphatic rings. The van der Waals surface area contributed by atoms with Crippen molar-refractivity contribution in [1.29, 1.82) is 0 Å². The van der Waals surface area contributed by atoms with Gasteiger partial charge >= 0.3 is 12.2 Å². The number of anilines is 2. The van der Waals surface area contributed by atoms with Gasteiger partial charge in [0.25, 0.3) is 0 Å². The molecular weight excluding hydrogens is 542 g/mol. The third kappa shape index (κ3) is 9.75. The van der Waals surface area contributed by atoms with Crippen molar-refractivity contribution in [3.63, 3.8) is 0 Å². The highest BCUT2D eigenvalue weighted by Gasteiger charge is 2.26. The summed E-state index contributed by atoms with van der Waals surface area (Å²) in [6.07, 6.45) is 4.68. The molecule has 0 spiro atoms. The minimum Gasteiger partial charge on any atom is -0.453 e. The molecule has 12 heteroatoms. The van der Waals surface area contributed by atoms with Gasteiger partial charge in [0.15, 0.2) is 0 Å². The quantitative estimate of drug-likeness (QED) is 0.202. The molecule has 11 nitrogen and oxygen atoms in total. The van der Waals surface area contributed by atoms with Crippen LogP contribution >= 0.6 is 0 Å². The Balaban J connectivity index is 2.08. The van der Waals surface area contributed by atoms with Crippen molar-refractivity contribution in [2.45, 2.75) is 78.2 Å². The zero-order chi connectivity index (χ0) is 30.4. The van der Waals surface area contributed by atoms with E-state index in [1.54, 1.807) is 52.0 Å². The Morgan fingerprint density at radius 2 is 1.93 bits per heavy atom. The average Bonchev–Trinajstić information content (AvgIpc) is 3.27. The lowest BCUT2D eigenvalue weighted by Crippen LogP contribution is -2.36. The van der Waals surface area contributed by atoms with E-state index >= 15 is 0 Å². The predicted octanol–water partition coefficient (Wildman–Crippen LogP) is 6.14. The summed E-state index contributed by atoms with van der Waals surface area (Å²) in [6, 6.07) is 5.60. The van der Waals surface area contributed by atoms with Crippen LogP contribution in [-0.2, 0) is 25.7 Å². The van der Waals surface area contributed by atoms with Crippen LogP contribution in [0.15, 0.2) is 36.5 Å². The normalized spacial score (nSPS) is 18.2. The number of fused-ring (bicyclic) bond motifs is 4. The number of carbonyl (C=O) groups is 3. The second-order valence-electron chi connectivity index (χ2n) is 12.3. The largest absolute Gasteiger partial charge is 0.453 e. The van der Waals surface area contributed by atoms with Gasteiger partial charge in [-0.25, -0.2) is 14.6 Å². The van der Waals surface area contributed by atoms with Crippen molar-refractivity contribution in [3.8, 4) is 11.3 Å². The highest BCUT2D eigenvalue weighted by Crippen LogP contribution is 2.33. The van der Waals surface area contributed by atoms with Gasteiger partial charge in [-0.1, -0.05) is 38.7 Å². The van der Waals surface area contributed by atoms with Gasteiger partial charge in [-0.3, -0.25) is 10.1 Å². The van der Waals surface area contributed by atoms with Crippen LogP contribution in [0.1, 0.15) is 46.0 Å². The molecule has 0 saturated heterocycles. The first kappa shape index (κ1) is 31.9. The fourth-order valence-electron chi connectivity index (χ4n) is 4.03. The van der Waals surface area contributed by atoms with Gasteiger partial charge in [0.2, 0.25) is 5.91 Å². The van der Waals surface area contributed by atoms with E-state index in [0.29, 0.717) is 41.5 Å². The van der Waals surface area contributed by atoms with Crippen molar-refractivity contribution in [2.75, 3.05) is 24.4 Å². The maximum Gasteiger partial charge on any atom is 0.411 e. The van der Waals surface area contributed by atoms with E-state index < -0.39 is 37.8 Å². The van der Waals surface area contributed by atoms with E-state index in [4.69, 9.17) is 19.2 Å². The molecule has 1 aromatic heterocycles. The van der Waals surface area contributed by atoms with E-state index in [2.05, 4.69) is 35.6 Å². The van der Waals surface area contributed by atoms with Gasteiger partial charge < -0.3 is 29.4 Å². The average molecular weight is 586 g/mol. The Kier molecular flexibility index (Phi) is 10.4. The Morgan fingerprint density at radius 1 is 1.20 bits per heavy atom. The molecule has 1 aromatic carbocycles. The van der Waals surface area contributed by atoms with E-state index in [-0.39, 0.29) is 12.6 Å².